The second-order valence-corrected chi connectivity index (χ2v) is 5.01. The van der Waals surface area contributed by atoms with E-state index in [2.05, 4.69) is 10.2 Å². The highest BCUT2D eigenvalue weighted by Gasteiger charge is 2.08. The van der Waals surface area contributed by atoms with E-state index in [1.165, 1.54) is 0 Å². The number of hydrogen-bond donors (Lipinski definition) is 2. The standard InChI is InChI=1S/C15H25N3O2/c1-4-8-17-15(19)12-6-7-14(13(16)11-12)20-10-5-9-18(2)3/h6-7,11H,4-5,8-10,16H2,1-3H3,(H,17,19). The Balaban J connectivity index is 2.52. The van der Waals surface area contributed by atoms with E-state index >= 15 is 0 Å². The second kappa shape index (κ2) is 8.43. The molecular formula is C15H25N3O2. The van der Waals surface area contributed by atoms with Crippen molar-refractivity contribution in [3.05, 3.63) is 23.8 Å². The minimum absolute atomic E-state index is 0.0993. The van der Waals surface area contributed by atoms with Crippen molar-refractivity contribution in [3.8, 4) is 5.75 Å². The van der Waals surface area contributed by atoms with Gasteiger partial charge in [0, 0.05) is 18.7 Å². The predicted octanol–water partition coefficient (Wildman–Crippen LogP) is 1.74. The normalized spacial score (nSPS) is 10.6. The highest BCUT2D eigenvalue weighted by molar-refractivity contribution is 5.95. The number of rotatable bonds is 8. The van der Waals surface area contributed by atoms with Gasteiger partial charge < -0.3 is 20.7 Å². The molecule has 0 aliphatic heterocycles. The first-order valence-electron chi connectivity index (χ1n) is 6.99. The summed E-state index contributed by atoms with van der Waals surface area (Å²) >= 11 is 0. The monoisotopic (exact) mass is 279 g/mol. The van der Waals surface area contributed by atoms with Gasteiger partial charge in [-0.2, -0.15) is 0 Å². The molecule has 0 atom stereocenters. The van der Waals surface area contributed by atoms with Gasteiger partial charge in [-0.05, 0) is 45.1 Å². The molecule has 3 N–H and O–H groups in total. The Hall–Kier alpha value is -1.75. The molecule has 1 aromatic rings. The Morgan fingerprint density at radius 3 is 2.75 bits per heavy atom. The topological polar surface area (TPSA) is 67.6 Å². The van der Waals surface area contributed by atoms with E-state index in [4.69, 9.17) is 10.5 Å². The quantitative estimate of drug-likeness (QED) is 0.562. The third kappa shape index (κ3) is 5.48. The van der Waals surface area contributed by atoms with Crippen molar-refractivity contribution in [3.63, 3.8) is 0 Å². The molecule has 0 heterocycles. The summed E-state index contributed by atoms with van der Waals surface area (Å²) in [5.74, 6) is 0.536. The summed E-state index contributed by atoms with van der Waals surface area (Å²) in [4.78, 5) is 13.9. The van der Waals surface area contributed by atoms with Crippen LogP contribution in [0.25, 0.3) is 0 Å². The number of nitrogens with one attached hydrogen (secondary N) is 1. The van der Waals surface area contributed by atoms with Crippen LogP contribution in [0.3, 0.4) is 0 Å². The van der Waals surface area contributed by atoms with Crippen molar-refractivity contribution < 1.29 is 9.53 Å². The van der Waals surface area contributed by atoms with Gasteiger partial charge in [0.1, 0.15) is 5.75 Å². The summed E-state index contributed by atoms with van der Waals surface area (Å²) < 4.78 is 5.62. The first-order valence-corrected chi connectivity index (χ1v) is 6.99. The molecule has 112 valence electrons. The van der Waals surface area contributed by atoms with Gasteiger partial charge in [0.15, 0.2) is 0 Å². The second-order valence-electron chi connectivity index (χ2n) is 5.01. The van der Waals surface area contributed by atoms with Gasteiger partial charge in [-0.3, -0.25) is 4.79 Å². The van der Waals surface area contributed by atoms with Gasteiger partial charge in [-0.1, -0.05) is 6.92 Å². The molecule has 0 aromatic heterocycles. The fourth-order valence-electron chi connectivity index (χ4n) is 1.72. The van der Waals surface area contributed by atoms with Gasteiger partial charge in [0.2, 0.25) is 0 Å². The maximum Gasteiger partial charge on any atom is 0.251 e. The average molecular weight is 279 g/mol. The summed E-state index contributed by atoms with van der Waals surface area (Å²) in [6.07, 6.45) is 1.85. The Labute approximate surface area is 121 Å². The number of ether oxygens (including phenoxy) is 1. The maximum absolute atomic E-state index is 11.8. The molecule has 0 radical (unpaired) electrons. The molecule has 0 aliphatic rings. The van der Waals surface area contributed by atoms with Crippen molar-refractivity contribution >= 4 is 11.6 Å². The molecule has 0 fully saturated rings. The van der Waals surface area contributed by atoms with Crippen LogP contribution in [0.2, 0.25) is 0 Å². The van der Waals surface area contributed by atoms with Gasteiger partial charge in [-0.25, -0.2) is 0 Å². The van der Waals surface area contributed by atoms with Gasteiger partial charge in [-0.15, -0.1) is 0 Å². The fraction of sp³-hybridized carbons (Fsp3) is 0.533. The molecule has 1 rings (SSSR count). The van der Waals surface area contributed by atoms with E-state index in [-0.39, 0.29) is 5.91 Å². The average Bonchev–Trinajstić information content (AvgIpc) is 2.42. The van der Waals surface area contributed by atoms with Gasteiger partial charge >= 0.3 is 0 Å². The van der Waals surface area contributed by atoms with Crippen LogP contribution in [0.4, 0.5) is 5.69 Å². The minimum atomic E-state index is -0.0993. The lowest BCUT2D eigenvalue weighted by atomic mass is 10.1. The predicted molar refractivity (Wildman–Crippen MR) is 82.1 cm³/mol. The third-order valence-corrected chi connectivity index (χ3v) is 2.81. The first-order chi connectivity index (χ1) is 9.54. The van der Waals surface area contributed by atoms with Crippen molar-refractivity contribution in [1.29, 1.82) is 0 Å². The molecule has 20 heavy (non-hydrogen) atoms. The number of carbonyl (C=O) groups is 1. The lowest BCUT2D eigenvalue weighted by Crippen LogP contribution is -2.24. The van der Waals surface area contributed by atoms with E-state index in [1.54, 1.807) is 18.2 Å². The number of nitrogens with zero attached hydrogens (tertiary/aromatic N) is 1. The lowest BCUT2D eigenvalue weighted by molar-refractivity contribution is 0.0953. The largest absolute Gasteiger partial charge is 0.491 e. The van der Waals surface area contributed by atoms with E-state index in [1.807, 2.05) is 21.0 Å². The summed E-state index contributed by atoms with van der Waals surface area (Å²) in [6.45, 7) is 4.27. The van der Waals surface area contributed by atoms with Crippen molar-refractivity contribution in [2.45, 2.75) is 19.8 Å². The first kappa shape index (κ1) is 16.3. The van der Waals surface area contributed by atoms with Gasteiger partial charge in [0.25, 0.3) is 5.91 Å². The Morgan fingerprint density at radius 1 is 1.40 bits per heavy atom. The van der Waals surface area contributed by atoms with Crippen LogP contribution in [-0.4, -0.2) is 44.6 Å². The van der Waals surface area contributed by atoms with E-state index in [0.717, 1.165) is 19.4 Å². The van der Waals surface area contributed by atoms with Gasteiger partial charge in [0.05, 0.1) is 12.3 Å². The number of nitrogen functional groups attached to an aromatic ring is 1. The SMILES string of the molecule is CCCNC(=O)c1ccc(OCCCN(C)C)c(N)c1. The van der Waals surface area contributed by atoms with E-state index in [9.17, 15) is 4.79 Å². The zero-order valence-corrected chi connectivity index (χ0v) is 12.6. The molecule has 1 aromatic carbocycles. The van der Waals surface area contributed by atoms with Crippen LogP contribution in [0.5, 0.6) is 5.75 Å². The summed E-state index contributed by atoms with van der Waals surface area (Å²) in [5, 5.41) is 2.82. The van der Waals surface area contributed by atoms with Crippen molar-refractivity contribution in [2.75, 3.05) is 39.5 Å². The maximum atomic E-state index is 11.8. The molecule has 0 saturated carbocycles. The number of hydrogen-bond acceptors (Lipinski definition) is 4. The molecule has 0 saturated heterocycles. The van der Waals surface area contributed by atoms with Crippen molar-refractivity contribution in [1.82, 2.24) is 10.2 Å². The number of anilines is 1. The number of carbonyl (C=O) groups excluding carboxylic acids is 1. The molecule has 1 amide bonds. The van der Waals surface area contributed by atoms with Crippen LogP contribution >= 0.6 is 0 Å². The van der Waals surface area contributed by atoms with E-state index < -0.39 is 0 Å². The Morgan fingerprint density at radius 2 is 2.15 bits per heavy atom. The summed E-state index contributed by atoms with van der Waals surface area (Å²) in [7, 11) is 4.05. The van der Waals surface area contributed by atoms with Crippen LogP contribution in [-0.2, 0) is 0 Å². The molecule has 0 bridgehead atoms. The highest BCUT2D eigenvalue weighted by atomic mass is 16.5. The lowest BCUT2D eigenvalue weighted by Gasteiger charge is -2.12. The summed E-state index contributed by atoms with van der Waals surface area (Å²) in [6, 6.07) is 5.15. The van der Waals surface area contributed by atoms with Crippen molar-refractivity contribution in [2.24, 2.45) is 0 Å². The van der Waals surface area contributed by atoms with Crippen LogP contribution in [0, 0.1) is 0 Å². The summed E-state index contributed by atoms with van der Waals surface area (Å²) in [5.41, 5.74) is 6.98. The molecule has 5 heteroatoms. The molecule has 0 unspecified atom stereocenters. The number of amides is 1. The number of nitrogens with two attached hydrogens (primary N) is 1. The van der Waals surface area contributed by atoms with Crippen LogP contribution < -0.4 is 15.8 Å². The molecule has 5 nitrogen and oxygen atoms in total. The zero-order chi connectivity index (χ0) is 15.0. The third-order valence-electron chi connectivity index (χ3n) is 2.81. The number of benzene rings is 1. The zero-order valence-electron chi connectivity index (χ0n) is 12.6. The Kier molecular flexibility index (Phi) is 6.87. The Bertz CT molecular complexity index is 433. The fourth-order valence-corrected chi connectivity index (χ4v) is 1.72. The molecular weight excluding hydrogens is 254 g/mol. The minimum Gasteiger partial charge on any atom is -0.491 e. The molecule has 0 spiro atoms. The van der Waals surface area contributed by atoms with E-state index in [0.29, 0.717) is 30.2 Å². The molecule has 0 aliphatic carbocycles. The van der Waals surface area contributed by atoms with Crippen LogP contribution in [0.15, 0.2) is 18.2 Å². The smallest absolute Gasteiger partial charge is 0.251 e. The highest BCUT2D eigenvalue weighted by Crippen LogP contribution is 2.22. The van der Waals surface area contributed by atoms with Crippen LogP contribution in [0.1, 0.15) is 30.1 Å².